The minimum Gasteiger partial charge on any atom is -0.487 e. The van der Waals surface area contributed by atoms with Gasteiger partial charge in [0.1, 0.15) is 43.6 Å². The number of pyridine rings is 2. The molecule has 1 aliphatic heterocycles. The zero-order chi connectivity index (χ0) is 24.9. The fourth-order valence-electron chi connectivity index (χ4n) is 4.00. The van der Waals surface area contributed by atoms with E-state index in [0.29, 0.717) is 43.6 Å². The summed E-state index contributed by atoms with van der Waals surface area (Å²) in [5, 5.41) is 9.69. The molecule has 3 heterocycles. The van der Waals surface area contributed by atoms with Crippen LogP contribution in [0.4, 0.5) is 0 Å². The Hall–Kier alpha value is -3.62. The highest BCUT2D eigenvalue weighted by Crippen LogP contribution is 2.36. The van der Waals surface area contributed by atoms with Gasteiger partial charge in [-0.15, -0.1) is 0 Å². The predicted octanol–water partition coefficient (Wildman–Crippen LogP) is 5.64. The number of halogens is 1. The van der Waals surface area contributed by atoms with Crippen LogP contribution in [-0.4, -0.2) is 28.3 Å². The van der Waals surface area contributed by atoms with Crippen LogP contribution in [0.3, 0.4) is 0 Å². The molecule has 0 fully saturated rings. The van der Waals surface area contributed by atoms with Crippen LogP contribution in [0.2, 0.25) is 0 Å². The minimum absolute atomic E-state index is 0.233. The highest BCUT2D eigenvalue weighted by atomic mass is 79.9. The van der Waals surface area contributed by atoms with Gasteiger partial charge in [-0.05, 0) is 63.3 Å². The summed E-state index contributed by atoms with van der Waals surface area (Å²) in [6.45, 7) is 3.63. The number of fused-ring (bicyclic) bond motifs is 1. The van der Waals surface area contributed by atoms with Gasteiger partial charge in [0.25, 0.3) is 0 Å². The molecular formula is C28H25BrN2O5. The van der Waals surface area contributed by atoms with Gasteiger partial charge in [-0.3, -0.25) is 9.97 Å². The normalized spacial score (nSPS) is 12.3. The molecule has 5 rings (SSSR count). The molecule has 0 saturated heterocycles. The van der Waals surface area contributed by atoms with E-state index < -0.39 is 0 Å². The predicted molar refractivity (Wildman–Crippen MR) is 138 cm³/mol. The van der Waals surface area contributed by atoms with Crippen LogP contribution in [0.5, 0.6) is 23.0 Å². The van der Waals surface area contributed by atoms with Crippen molar-refractivity contribution in [3.05, 3.63) is 94.0 Å². The molecule has 0 bridgehead atoms. The maximum absolute atomic E-state index is 9.69. The Labute approximate surface area is 217 Å². The lowest BCUT2D eigenvalue weighted by atomic mass is 9.96. The van der Waals surface area contributed by atoms with Crippen LogP contribution in [0, 0.1) is 6.92 Å². The summed E-state index contributed by atoms with van der Waals surface area (Å²) in [5.74, 6) is 2.56. The highest BCUT2D eigenvalue weighted by Gasteiger charge is 2.15. The standard InChI is InChI=1S/C28H25BrN2O5/c1-18-21(3-2-4-24(18)20-5-6-26-28(10-20)34-8-7-33-26)17-35-23-11-27(25(15-32)31-14-23)36-16-19-9-22(29)13-30-12-19/h2-6,9-14,32H,7-8,15-17H2,1H3. The lowest BCUT2D eigenvalue weighted by Gasteiger charge is -2.20. The molecule has 2 aromatic carbocycles. The number of benzene rings is 2. The van der Waals surface area contributed by atoms with Crippen molar-refractivity contribution in [3.63, 3.8) is 0 Å². The van der Waals surface area contributed by atoms with Crippen LogP contribution in [0.25, 0.3) is 11.1 Å². The SMILES string of the molecule is Cc1c(COc2cnc(CO)c(OCc3cncc(Br)c3)c2)cccc1-c1ccc2c(c1)OCCO2. The first-order chi connectivity index (χ1) is 17.6. The molecular weight excluding hydrogens is 524 g/mol. The molecule has 1 aliphatic rings. The van der Waals surface area contributed by atoms with Gasteiger partial charge in [-0.1, -0.05) is 24.3 Å². The summed E-state index contributed by atoms with van der Waals surface area (Å²) >= 11 is 3.41. The third kappa shape index (κ3) is 5.45. The number of hydrogen-bond donors (Lipinski definition) is 1. The Morgan fingerprint density at radius 3 is 2.64 bits per heavy atom. The average molecular weight is 549 g/mol. The zero-order valence-corrected chi connectivity index (χ0v) is 21.3. The number of ether oxygens (including phenoxy) is 4. The largest absolute Gasteiger partial charge is 0.487 e. The number of nitrogens with zero attached hydrogens (tertiary/aromatic N) is 2. The molecule has 0 spiro atoms. The molecule has 0 atom stereocenters. The molecule has 184 valence electrons. The van der Waals surface area contributed by atoms with Gasteiger partial charge in [0.05, 0.1) is 12.8 Å². The first kappa shape index (κ1) is 24.1. The summed E-state index contributed by atoms with van der Waals surface area (Å²) in [7, 11) is 0. The van der Waals surface area contributed by atoms with Crippen LogP contribution in [0.1, 0.15) is 22.4 Å². The molecule has 1 N–H and O–H groups in total. The molecule has 7 nitrogen and oxygen atoms in total. The van der Waals surface area contributed by atoms with Gasteiger partial charge in [0.2, 0.25) is 0 Å². The maximum atomic E-state index is 9.69. The van der Waals surface area contributed by atoms with Crippen molar-refractivity contribution in [2.24, 2.45) is 0 Å². The number of hydrogen-bond acceptors (Lipinski definition) is 7. The van der Waals surface area contributed by atoms with Gasteiger partial charge >= 0.3 is 0 Å². The van der Waals surface area contributed by atoms with E-state index in [9.17, 15) is 5.11 Å². The Morgan fingerprint density at radius 1 is 0.944 bits per heavy atom. The van der Waals surface area contributed by atoms with Crippen LogP contribution >= 0.6 is 15.9 Å². The lowest BCUT2D eigenvalue weighted by molar-refractivity contribution is 0.171. The van der Waals surface area contributed by atoms with Crippen LogP contribution in [-0.2, 0) is 19.8 Å². The topological polar surface area (TPSA) is 82.9 Å². The Morgan fingerprint density at radius 2 is 1.81 bits per heavy atom. The fourth-order valence-corrected chi connectivity index (χ4v) is 4.41. The minimum atomic E-state index is -0.233. The van der Waals surface area contributed by atoms with Crippen molar-refractivity contribution < 1.29 is 24.1 Å². The first-order valence-corrected chi connectivity index (χ1v) is 12.3. The van der Waals surface area contributed by atoms with Gasteiger partial charge in [0.15, 0.2) is 11.5 Å². The fraction of sp³-hybridized carbons (Fsp3) is 0.214. The van der Waals surface area contributed by atoms with E-state index in [0.717, 1.165) is 43.8 Å². The molecule has 8 heteroatoms. The molecule has 0 saturated carbocycles. The van der Waals surface area contributed by atoms with Gasteiger partial charge < -0.3 is 24.1 Å². The number of aliphatic hydroxyl groups excluding tert-OH is 1. The van der Waals surface area contributed by atoms with E-state index in [1.165, 1.54) is 0 Å². The molecule has 0 amide bonds. The average Bonchev–Trinajstić information content (AvgIpc) is 2.91. The summed E-state index contributed by atoms with van der Waals surface area (Å²) in [5.41, 5.74) is 5.68. The van der Waals surface area contributed by atoms with E-state index in [1.807, 2.05) is 36.4 Å². The molecule has 4 aromatic rings. The van der Waals surface area contributed by atoms with Gasteiger partial charge in [0, 0.05) is 28.5 Å². The molecule has 0 aliphatic carbocycles. The third-order valence-electron chi connectivity index (χ3n) is 5.90. The maximum Gasteiger partial charge on any atom is 0.161 e. The summed E-state index contributed by atoms with van der Waals surface area (Å²) in [6.07, 6.45) is 5.04. The van der Waals surface area contributed by atoms with E-state index in [1.54, 1.807) is 24.7 Å². The first-order valence-electron chi connectivity index (χ1n) is 11.5. The Balaban J connectivity index is 1.31. The van der Waals surface area contributed by atoms with Crippen molar-refractivity contribution >= 4 is 15.9 Å². The highest BCUT2D eigenvalue weighted by molar-refractivity contribution is 9.10. The van der Waals surface area contributed by atoms with Crippen molar-refractivity contribution in [2.45, 2.75) is 26.7 Å². The van der Waals surface area contributed by atoms with E-state index in [2.05, 4.69) is 38.9 Å². The Bertz CT molecular complexity index is 1380. The van der Waals surface area contributed by atoms with E-state index in [4.69, 9.17) is 18.9 Å². The number of rotatable bonds is 8. The van der Waals surface area contributed by atoms with E-state index in [-0.39, 0.29) is 6.61 Å². The molecule has 2 aromatic heterocycles. The van der Waals surface area contributed by atoms with Crippen LogP contribution in [0.15, 0.2) is 71.6 Å². The van der Waals surface area contributed by atoms with Crippen molar-refractivity contribution in [2.75, 3.05) is 13.2 Å². The summed E-state index contributed by atoms with van der Waals surface area (Å²) in [4.78, 5) is 8.47. The van der Waals surface area contributed by atoms with Crippen molar-refractivity contribution in [3.8, 4) is 34.1 Å². The smallest absolute Gasteiger partial charge is 0.161 e. The van der Waals surface area contributed by atoms with E-state index >= 15 is 0 Å². The van der Waals surface area contributed by atoms with Gasteiger partial charge in [-0.25, -0.2) is 0 Å². The van der Waals surface area contributed by atoms with Gasteiger partial charge in [-0.2, -0.15) is 0 Å². The second kappa shape index (κ2) is 11.0. The second-order valence-electron chi connectivity index (χ2n) is 8.31. The monoisotopic (exact) mass is 548 g/mol. The molecule has 0 unspecified atom stereocenters. The summed E-state index contributed by atoms with van der Waals surface area (Å²) in [6, 6.07) is 15.8. The lowest BCUT2D eigenvalue weighted by Crippen LogP contribution is -2.15. The third-order valence-corrected chi connectivity index (χ3v) is 6.34. The zero-order valence-electron chi connectivity index (χ0n) is 19.7. The molecule has 36 heavy (non-hydrogen) atoms. The quantitative estimate of drug-likeness (QED) is 0.305. The number of aliphatic hydroxyl groups is 1. The second-order valence-corrected chi connectivity index (χ2v) is 9.23. The molecule has 0 radical (unpaired) electrons. The summed E-state index contributed by atoms with van der Waals surface area (Å²) < 4.78 is 24.3. The van der Waals surface area contributed by atoms with Crippen molar-refractivity contribution in [1.29, 1.82) is 0 Å². The number of aromatic nitrogens is 2. The Kier molecular flexibility index (Phi) is 7.34. The van der Waals surface area contributed by atoms with Crippen LogP contribution < -0.4 is 18.9 Å². The van der Waals surface area contributed by atoms with Crippen molar-refractivity contribution in [1.82, 2.24) is 9.97 Å².